The molecule has 1 aliphatic heterocycles. The molecule has 0 unspecified atom stereocenters. The van der Waals surface area contributed by atoms with Crippen LogP contribution >= 0.6 is 11.8 Å². The number of benzene rings is 1. The van der Waals surface area contributed by atoms with Crippen molar-refractivity contribution < 1.29 is 19.4 Å². The van der Waals surface area contributed by atoms with Crippen LogP contribution in [0.25, 0.3) is 5.57 Å². The third-order valence-corrected chi connectivity index (χ3v) is 3.23. The third kappa shape index (κ3) is 2.68. The van der Waals surface area contributed by atoms with E-state index in [1.54, 1.807) is 0 Å². The number of carboxylic acid groups (broad SMARTS) is 1. The summed E-state index contributed by atoms with van der Waals surface area (Å²) in [7, 11) is 0. The minimum absolute atomic E-state index is 0.0888. The molecule has 0 aromatic heterocycles. The van der Waals surface area contributed by atoms with Crippen LogP contribution in [0.1, 0.15) is 11.1 Å². The first-order valence-electron chi connectivity index (χ1n) is 4.97. The maximum Gasteiger partial charge on any atom is 0.341 e. The van der Waals surface area contributed by atoms with Gasteiger partial charge in [-0.2, -0.15) is 0 Å². The molecular weight excluding hydrogens is 240 g/mol. The van der Waals surface area contributed by atoms with Crippen LogP contribution in [0.3, 0.4) is 0 Å². The number of hydrogen-bond donors (Lipinski definition) is 1. The minimum Gasteiger partial charge on any atom is -0.489 e. The Morgan fingerprint density at radius 3 is 3.00 bits per heavy atom. The van der Waals surface area contributed by atoms with Gasteiger partial charge in [-0.1, -0.05) is 36.0 Å². The van der Waals surface area contributed by atoms with Crippen molar-refractivity contribution in [2.45, 2.75) is 5.75 Å². The molecular formula is C12H10O4S. The summed E-state index contributed by atoms with van der Waals surface area (Å²) < 4.78 is 4.87. The Kier molecular flexibility index (Phi) is 3.49. The maximum atomic E-state index is 11.7. The molecule has 0 bridgehead atoms. The van der Waals surface area contributed by atoms with Crippen molar-refractivity contribution in [2.24, 2.45) is 0 Å². The predicted octanol–water partition coefficient (Wildman–Crippen LogP) is 1.90. The molecule has 0 spiro atoms. The zero-order chi connectivity index (χ0) is 12.3. The monoisotopic (exact) mass is 250 g/mol. The molecule has 0 atom stereocenters. The Balaban J connectivity index is 2.26. The number of aliphatic carboxylic acids is 1. The second-order valence-corrected chi connectivity index (χ2v) is 4.42. The number of hydrogen-bond acceptors (Lipinski definition) is 4. The third-order valence-electron chi connectivity index (χ3n) is 2.29. The molecule has 1 N–H and O–H groups in total. The summed E-state index contributed by atoms with van der Waals surface area (Å²) >= 11 is 1.19. The van der Waals surface area contributed by atoms with Crippen LogP contribution < -0.4 is 0 Å². The second-order valence-electron chi connectivity index (χ2n) is 3.47. The quantitative estimate of drug-likeness (QED) is 0.655. The first kappa shape index (κ1) is 11.7. The van der Waals surface area contributed by atoms with Crippen LogP contribution in [0.2, 0.25) is 0 Å². The van der Waals surface area contributed by atoms with E-state index in [9.17, 15) is 9.59 Å². The molecule has 0 amide bonds. The highest BCUT2D eigenvalue weighted by Gasteiger charge is 2.22. The molecule has 0 saturated carbocycles. The normalized spacial score (nSPS) is 16.7. The number of ether oxygens (including phenoxy) is 1. The average Bonchev–Trinajstić information content (AvgIpc) is 2.32. The summed E-state index contributed by atoms with van der Waals surface area (Å²) in [5.74, 6) is -0.420. The van der Waals surface area contributed by atoms with Gasteiger partial charge in [-0.05, 0) is 11.1 Å². The largest absolute Gasteiger partial charge is 0.489 e. The SMILES string of the molecule is O=C(O)CO/C=C1/C(=O)SCc2ccccc21. The van der Waals surface area contributed by atoms with Crippen molar-refractivity contribution >= 4 is 28.4 Å². The number of carbonyl (C=O) groups is 2. The number of carboxylic acids is 1. The van der Waals surface area contributed by atoms with Crippen LogP contribution in [0.5, 0.6) is 0 Å². The summed E-state index contributed by atoms with van der Waals surface area (Å²) in [5.41, 5.74) is 2.31. The lowest BCUT2D eigenvalue weighted by atomic mass is 10.0. The molecule has 88 valence electrons. The van der Waals surface area contributed by atoms with E-state index >= 15 is 0 Å². The zero-order valence-corrected chi connectivity index (χ0v) is 9.70. The Morgan fingerprint density at radius 1 is 1.47 bits per heavy atom. The van der Waals surface area contributed by atoms with Gasteiger partial charge in [-0.25, -0.2) is 4.79 Å². The molecule has 0 fully saturated rings. The average molecular weight is 250 g/mol. The van der Waals surface area contributed by atoms with Gasteiger partial charge in [0.25, 0.3) is 0 Å². The molecule has 0 saturated heterocycles. The molecule has 1 heterocycles. The lowest BCUT2D eigenvalue weighted by molar-refractivity contribution is -0.140. The Hall–Kier alpha value is -1.75. The molecule has 1 aliphatic rings. The summed E-state index contributed by atoms with van der Waals surface area (Å²) in [6.45, 7) is -0.441. The highest BCUT2D eigenvalue weighted by atomic mass is 32.2. The molecule has 5 heteroatoms. The lowest BCUT2D eigenvalue weighted by Gasteiger charge is -2.16. The summed E-state index contributed by atoms with van der Waals surface area (Å²) in [6, 6.07) is 7.53. The lowest BCUT2D eigenvalue weighted by Crippen LogP contribution is -2.09. The smallest absolute Gasteiger partial charge is 0.341 e. The first-order valence-corrected chi connectivity index (χ1v) is 5.96. The van der Waals surface area contributed by atoms with Crippen LogP contribution in [0, 0.1) is 0 Å². The molecule has 1 aromatic rings. The number of thioether (sulfide) groups is 1. The van der Waals surface area contributed by atoms with E-state index in [0.717, 1.165) is 11.1 Å². The van der Waals surface area contributed by atoms with E-state index < -0.39 is 12.6 Å². The fourth-order valence-electron chi connectivity index (χ4n) is 1.55. The van der Waals surface area contributed by atoms with E-state index in [4.69, 9.17) is 9.84 Å². The van der Waals surface area contributed by atoms with Crippen LogP contribution in [-0.2, 0) is 20.1 Å². The fraction of sp³-hybridized carbons (Fsp3) is 0.167. The number of carbonyl (C=O) groups excluding carboxylic acids is 1. The van der Waals surface area contributed by atoms with Gasteiger partial charge >= 0.3 is 5.97 Å². The van der Waals surface area contributed by atoms with Crippen LogP contribution in [0.15, 0.2) is 30.5 Å². The summed E-state index contributed by atoms with van der Waals surface area (Å²) in [5, 5.41) is 8.37. The van der Waals surface area contributed by atoms with Gasteiger partial charge in [0.2, 0.25) is 5.12 Å². The Morgan fingerprint density at radius 2 is 2.24 bits per heavy atom. The fourth-order valence-corrected chi connectivity index (χ4v) is 2.40. The minimum atomic E-state index is -1.06. The molecule has 17 heavy (non-hydrogen) atoms. The predicted molar refractivity (Wildman–Crippen MR) is 64.3 cm³/mol. The summed E-state index contributed by atoms with van der Waals surface area (Å²) in [4.78, 5) is 22.0. The van der Waals surface area contributed by atoms with Gasteiger partial charge in [-0.3, -0.25) is 4.79 Å². The standard InChI is InChI=1S/C12H10O4S/c13-11(14)6-16-5-10-9-4-2-1-3-8(9)7-17-12(10)15/h1-5H,6-7H2,(H,13,14)/b10-5+. The van der Waals surface area contributed by atoms with E-state index in [0.29, 0.717) is 11.3 Å². The Bertz CT molecular complexity index is 493. The first-order chi connectivity index (χ1) is 8.18. The Labute approximate surface area is 102 Å². The van der Waals surface area contributed by atoms with Crippen molar-refractivity contribution in [3.63, 3.8) is 0 Å². The van der Waals surface area contributed by atoms with Gasteiger partial charge in [0.05, 0.1) is 11.8 Å². The zero-order valence-electron chi connectivity index (χ0n) is 8.88. The molecule has 0 radical (unpaired) electrons. The molecule has 2 rings (SSSR count). The van der Waals surface area contributed by atoms with Crippen molar-refractivity contribution in [3.05, 3.63) is 41.7 Å². The highest BCUT2D eigenvalue weighted by molar-refractivity contribution is 8.14. The highest BCUT2D eigenvalue weighted by Crippen LogP contribution is 2.33. The maximum absolute atomic E-state index is 11.7. The number of rotatable bonds is 3. The van der Waals surface area contributed by atoms with Gasteiger partial charge in [-0.15, -0.1) is 0 Å². The molecule has 1 aromatic carbocycles. The van der Waals surface area contributed by atoms with E-state index in [2.05, 4.69) is 0 Å². The summed E-state index contributed by atoms with van der Waals surface area (Å²) in [6.07, 6.45) is 1.24. The van der Waals surface area contributed by atoms with Crippen LogP contribution in [-0.4, -0.2) is 22.8 Å². The van der Waals surface area contributed by atoms with Crippen LogP contribution in [0.4, 0.5) is 0 Å². The van der Waals surface area contributed by atoms with Gasteiger partial charge < -0.3 is 9.84 Å². The van der Waals surface area contributed by atoms with Gasteiger partial charge in [0, 0.05) is 5.75 Å². The van der Waals surface area contributed by atoms with Crippen molar-refractivity contribution in [2.75, 3.05) is 6.61 Å². The molecule has 4 nitrogen and oxygen atoms in total. The topological polar surface area (TPSA) is 63.6 Å². The van der Waals surface area contributed by atoms with E-state index in [-0.39, 0.29) is 5.12 Å². The van der Waals surface area contributed by atoms with Gasteiger partial charge in [0.1, 0.15) is 0 Å². The van der Waals surface area contributed by atoms with Crippen molar-refractivity contribution in [1.82, 2.24) is 0 Å². The molecule has 0 aliphatic carbocycles. The van der Waals surface area contributed by atoms with E-state index in [1.807, 2.05) is 24.3 Å². The van der Waals surface area contributed by atoms with Crippen molar-refractivity contribution in [3.8, 4) is 0 Å². The van der Waals surface area contributed by atoms with Gasteiger partial charge in [0.15, 0.2) is 6.61 Å². The number of fused-ring (bicyclic) bond motifs is 1. The van der Waals surface area contributed by atoms with Crippen molar-refractivity contribution in [1.29, 1.82) is 0 Å². The second kappa shape index (κ2) is 5.05. The van der Waals surface area contributed by atoms with E-state index in [1.165, 1.54) is 18.0 Å².